The van der Waals surface area contributed by atoms with Gasteiger partial charge in [-0.05, 0) is 16.3 Å². The van der Waals surface area contributed by atoms with Crippen LogP contribution < -0.4 is 0 Å². The van der Waals surface area contributed by atoms with Crippen LogP contribution in [0.15, 0.2) is 42.5 Å². The highest BCUT2D eigenvalue weighted by Crippen LogP contribution is 2.22. The molecule has 1 atom stereocenters. The van der Waals surface area contributed by atoms with Crippen molar-refractivity contribution in [1.29, 1.82) is 0 Å². The molecule has 0 amide bonds. The molecule has 0 heterocycles. The molecule has 70 valence electrons. The number of aliphatic hydroxyl groups is 1. The van der Waals surface area contributed by atoms with Gasteiger partial charge in [0, 0.05) is 0 Å². The summed E-state index contributed by atoms with van der Waals surface area (Å²) in [6.45, 7) is 0. The minimum absolute atomic E-state index is 0.543. The van der Waals surface area contributed by atoms with Crippen LogP contribution in [0, 0.1) is 0 Å². The Hall–Kier alpha value is -1.67. The van der Waals surface area contributed by atoms with Crippen LogP contribution in [0.1, 0.15) is 11.7 Å². The van der Waals surface area contributed by atoms with Gasteiger partial charge in [0.05, 0.1) is 0 Å². The summed E-state index contributed by atoms with van der Waals surface area (Å²) < 4.78 is 0. The van der Waals surface area contributed by atoms with Crippen LogP contribution in [0.25, 0.3) is 10.8 Å². The number of carbonyl (C=O) groups excluding carboxylic acids is 1. The van der Waals surface area contributed by atoms with Crippen LogP contribution >= 0.6 is 0 Å². The van der Waals surface area contributed by atoms with Crippen LogP contribution in [0.3, 0.4) is 0 Å². The average Bonchev–Trinajstić information content (AvgIpc) is 2.27. The third-order valence-corrected chi connectivity index (χ3v) is 2.27. The van der Waals surface area contributed by atoms with E-state index in [0.29, 0.717) is 11.8 Å². The molecule has 14 heavy (non-hydrogen) atoms. The zero-order chi connectivity index (χ0) is 9.97. The molecule has 0 aliphatic heterocycles. The zero-order valence-corrected chi connectivity index (χ0v) is 7.55. The SMILES string of the molecule is O=CC(O)c1cccc2ccccc12. The summed E-state index contributed by atoms with van der Waals surface area (Å²) in [4.78, 5) is 10.5. The molecular formula is C12H10O2. The Balaban J connectivity index is 2.70. The summed E-state index contributed by atoms with van der Waals surface area (Å²) >= 11 is 0. The summed E-state index contributed by atoms with van der Waals surface area (Å²) in [5.41, 5.74) is 0.665. The van der Waals surface area contributed by atoms with Gasteiger partial charge in [0.25, 0.3) is 0 Å². The number of aldehydes is 1. The Morgan fingerprint density at radius 1 is 1.07 bits per heavy atom. The Morgan fingerprint density at radius 2 is 1.79 bits per heavy atom. The maximum atomic E-state index is 10.5. The zero-order valence-electron chi connectivity index (χ0n) is 7.55. The average molecular weight is 186 g/mol. The van der Waals surface area contributed by atoms with Crippen molar-refractivity contribution in [3.05, 3.63) is 48.0 Å². The predicted octanol–water partition coefficient (Wildman–Crippen LogP) is 2.07. The van der Waals surface area contributed by atoms with Gasteiger partial charge in [-0.25, -0.2) is 0 Å². The molecule has 2 rings (SSSR count). The summed E-state index contributed by atoms with van der Waals surface area (Å²) in [5.74, 6) is 0. The van der Waals surface area contributed by atoms with E-state index in [-0.39, 0.29) is 0 Å². The second-order valence-electron chi connectivity index (χ2n) is 3.15. The van der Waals surface area contributed by atoms with E-state index in [4.69, 9.17) is 0 Å². The quantitative estimate of drug-likeness (QED) is 0.729. The minimum Gasteiger partial charge on any atom is -0.381 e. The normalized spacial score (nSPS) is 12.6. The highest BCUT2D eigenvalue weighted by Gasteiger charge is 2.08. The topological polar surface area (TPSA) is 37.3 Å². The number of hydrogen-bond donors (Lipinski definition) is 1. The molecular weight excluding hydrogens is 176 g/mol. The molecule has 0 aliphatic carbocycles. The van der Waals surface area contributed by atoms with Crippen LogP contribution in [0.2, 0.25) is 0 Å². The largest absolute Gasteiger partial charge is 0.381 e. The van der Waals surface area contributed by atoms with Crippen LogP contribution in [0.4, 0.5) is 0 Å². The molecule has 1 unspecified atom stereocenters. The molecule has 0 bridgehead atoms. The van der Waals surface area contributed by atoms with Crippen LogP contribution in [-0.2, 0) is 4.79 Å². The molecule has 0 saturated heterocycles. The van der Waals surface area contributed by atoms with Gasteiger partial charge in [-0.1, -0.05) is 42.5 Å². The van der Waals surface area contributed by atoms with Crippen molar-refractivity contribution in [3.63, 3.8) is 0 Å². The smallest absolute Gasteiger partial charge is 0.153 e. The van der Waals surface area contributed by atoms with E-state index in [0.717, 1.165) is 10.8 Å². The Morgan fingerprint density at radius 3 is 2.57 bits per heavy atom. The lowest BCUT2D eigenvalue weighted by atomic mass is 10.0. The number of carbonyl (C=O) groups is 1. The number of fused-ring (bicyclic) bond motifs is 1. The Bertz CT molecular complexity index is 457. The first kappa shape index (κ1) is 8.91. The lowest BCUT2D eigenvalue weighted by molar-refractivity contribution is -0.115. The molecule has 0 radical (unpaired) electrons. The highest BCUT2D eigenvalue weighted by molar-refractivity contribution is 5.88. The third-order valence-electron chi connectivity index (χ3n) is 2.27. The van der Waals surface area contributed by atoms with Gasteiger partial charge in [0.15, 0.2) is 6.29 Å². The summed E-state index contributed by atoms with van der Waals surface area (Å²) in [6, 6.07) is 13.2. The lowest BCUT2D eigenvalue weighted by Gasteiger charge is -2.07. The molecule has 0 aliphatic rings. The van der Waals surface area contributed by atoms with Gasteiger partial charge in [0.2, 0.25) is 0 Å². The van der Waals surface area contributed by atoms with Crippen molar-refractivity contribution in [2.24, 2.45) is 0 Å². The van der Waals surface area contributed by atoms with Crippen LogP contribution in [0.5, 0.6) is 0 Å². The fourth-order valence-electron chi connectivity index (χ4n) is 1.58. The van der Waals surface area contributed by atoms with Crippen molar-refractivity contribution in [3.8, 4) is 0 Å². The van der Waals surface area contributed by atoms with E-state index in [2.05, 4.69) is 0 Å². The van der Waals surface area contributed by atoms with E-state index in [1.54, 1.807) is 6.07 Å². The molecule has 0 saturated carbocycles. The fourth-order valence-corrected chi connectivity index (χ4v) is 1.58. The fraction of sp³-hybridized carbons (Fsp3) is 0.0833. The first-order valence-corrected chi connectivity index (χ1v) is 4.44. The molecule has 2 aromatic rings. The Labute approximate surface area is 81.8 Å². The minimum atomic E-state index is -1.03. The maximum absolute atomic E-state index is 10.5. The first-order chi connectivity index (χ1) is 6.83. The third kappa shape index (κ3) is 1.40. The molecule has 2 aromatic carbocycles. The monoisotopic (exact) mass is 186 g/mol. The van der Waals surface area contributed by atoms with Gasteiger partial charge in [-0.15, -0.1) is 0 Å². The van der Waals surface area contributed by atoms with Gasteiger partial charge < -0.3 is 9.90 Å². The number of aliphatic hydroxyl groups excluding tert-OH is 1. The van der Waals surface area contributed by atoms with Gasteiger partial charge in [0.1, 0.15) is 6.10 Å². The van der Waals surface area contributed by atoms with Gasteiger partial charge >= 0.3 is 0 Å². The molecule has 2 heteroatoms. The van der Waals surface area contributed by atoms with Crippen molar-refractivity contribution < 1.29 is 9.90 Å². The summed E-state index contributed by atoms with van der Waals surface area (Å²) in [7, 11) is 0. The first-order valence-electron chi connectivity index (χ1n) is 4.44. The van der Waals surface area contributed by atoms with E-state index >= 15 is 0 Å². The van der Waals surface area contributed by atoms with E-state index in [9.17, 15) is 9.90 Å². The van der Waals surface area contributed by atoms with Gasteiger partial charge in [-0.2, -0.15) is 0 Å². The number of hydrogen-bond acceptors (Lipinski definition) is 2. The standard InChI is InChI=1S/C12H10O2/c13-8-12(14)11-7-3-5-9-4-1-2-6-10(9)11/h1-8,12,14H. The molecule has 0 spiro atoms. The highest BCUT2D eigenvalue weighted by atomic mass is 16.3. The summed E-state index contributed by atoms with van der Waals surface area (Å²) in [5, 5.41) is 11.4. The van der Waals surface area contributed by atoms with E-state index < -0.39 is 6.10 Å². The van der Waals surface area contributed by atoms with Crippen molar-refractivity contribution in [2.45, 2.75) is 6.10 Å². The molecule has 0 fully saturated rings. The van der Waals surface area contributed by atoms with Crippen molar-refractivity contribution in [2.75, 3.05) is 0 Å². The molecule has 2 nitrogen and oxygen atoms in total. The number of benzene rings is 2. The predicted molar refractivity (Wildman–Crippen MR) is 55.0 cm³/mol. The molecule has 1 N–H and O–H groups in total. The van der Waals surface area contributed by atoms with Gasteiger partial charge in [-0.3, -0.25) is 0 Å². The lowest BCUT2D eigenvalue weighted by Crippen LogP contribution is -1.98. The van der Waals surface area contributed by atoms with Crippen LogP contribution in [-0.4, -0.2) is 11.4 Å². The second-order valence-corrected chi connectivity index (χ2v) is 3.15. The number of rotatable bonds is 2. The second kappa shape index (κ2) is 3.60. The van der Waals surface area contributed by atoms with E-state index in [1.807, 2.05) is 36.4 Å². The van der Waals surface area contributed by atoms with Crippen molar-refractivity contribution in [1.82, 2.24) is 0 Å². The van der Waals surface area contributed by atoms with Crippen molar-refractivity contribution >= 4 is 17.1 Å². The Kier molecular flexibility index (Phi) is 2.29. The molecule has 0 aromatic heterocycles. The van der Waals surface area contributed by atoms with E-state index in [1.165, 1.54) is 0 Å². The maximum Gasteiger partial charge on any atom is 0.153 e. The summed E-state index contributed by atoms with van der Waals surface area (Å²) in [6.07, 6.45) is -0.483.